The van der Waals surface area contributed by atoms with Gasteiger partial charge in [-0.15, -0.1) is 0 Å². The van der Waals surface area contributed by atoms with E-state index in [-0.39, 0.29) is 17.7 Å². The van der Waals surface area contributed by atoms with Gasteiger partial charge in [0.25, 0.3) is 0 Å². The number of carbonyl (C=O) groups is 2. The smallest absolute Gasteiger partial charge is 0.234 e. The van der Waals surface area contributed by atoms with Crippen LogP contribution in [0.5, 0.6) is 0 Å². The van der Waals surface area contributed by atoms with Crippen molar-refractivity contribution in [3.05, 3.63) is 0 Å². The van der Waals surface area contributed by atoms with Gasteiger partial charge in [0.2, 0.25) is 5.91 Å². The highest BCUT2D eigenvalue weighted by Crippen LogP contribution is 2.17. The molecule has 1 saturated heterocycles. The number of hydrogen-bond acceptors (Lipinski definition) is 3. The molecule has 1 fully saturated rings. The molecule has 1 rings (SSSR count). The zero-order valence-electron chi connectivity index (χ0n) is 11.9. The Hall–Kier alpha value is -0.900. The highest BCUT2D eigenvalue weighted by molar-refractivity contribution is 5.83. The summed E-state index contributed by atoms with van der Waals surface area (Å²) in [5.74, 6) is 0.832. The van der Waals surface area contributed by atoms with E-state index in [9.17, 15) is 9.59 Å². The summed E-state index contributed by atoms with van der Waals surface area (Å²) in [4.78, 5) is 25.3. The third-order valence-electron chi connectivity index (χ3n) is 3.47. The van der Waals surface area contributed by atoms with Crippen LogP contribution in [0.4, 0.5) is 0 Å². The number of hydrogen-bond donors (Lipinski definition) is 1. The Kier molecular flexibility index (Phi) is 6.33. The quantitative estimate of drug-likeness (QED) is 0.783. The van der Waals surface area contributed by atoms with Gasteiger partial charge in [0.15, 0.2) is 0 Å². The van der Waals surface area contributed by atoms with Crippen LogP contribution in [0.3, 0.4) is 0 Å². The van der Waals surface area contributed by atoms with Gasteiger partial charge in [-0.25, -0.2) is 0 Å². The Bertz CT molecular complexity index is 290. The minimum atomic E-state index is -0.0467. The van der Waals surface area contributed by atoms with Gasteiger partial charge in [-0.3, -0.25) is 14.5 Å². The lowest BCUT2D eigenvalue weighted by atomic mass is 9.99. The molecule has 0 aromatic heterocycles. The Morgan fingerprint density at radius 1 is 1.33 bits per heavy atom. The molecule has 0 aliphatic carbocycles. The second-order valence-corrected chi connectivity index (χ2v) is 5.63. The number of nitrogens with one attached hydrogen (secondary N) is 1. The highest BCUT2D eigenvalue weighted by atomic mass is 16.2. The molecule has 0 aromatic carbocycles. The lowest BCUT2D eigenvalue weighted by Crippen LogP contribution is -2.48. The van der Waals surface area contributed by atoms with Crippen molar-refractivity contribution in [2.75, 3.05) is 19.6 Å². The van der Waals surface area contributed by atoms with Crippen LogP contribution >= 0.6 is 0 Å². The summed E-state index contributed by atoms with van der Waals surface area (Å²) in [6.07, 6.45) is 4.08. The lowest BCUT2D eigenvalue weighted by Gasteiger charge is -2.33. The second-order valence-electron chi connectivity index (χ2n) is 5.63. The summed E-state index contributed by atoms with van der Waals surface area (Å²) < 4.78 is 0. The number of ketones is 1. The lowest BCUT2D eigenvalue weighted by molar-refractivity contribution is -0.127. The molecule has 1 amide bonds. The van der Waals surface area contributed by atoms with Gasteiger partial charge in [-0.05, 0) is 38.6 Å². The SMILES string of the molecule is CC(=O)C1CCCCN1CC(=O)NCCC(C)C. The number of likely N-dealkylation sites (tertiary alicyclic amines) is 1. The van der Waals surface area contributed by atoms with E-state index in [0.29, 0.717) is 12.5 Å². The molecule has 104 valence electrons. The number of Topliss-reactive ketones (excluding diaryl/α,β-unsaturated/α-hetero) is 1. The van der Waals surface area contributed by atoms with Crippen molar-refractivity contribution in [1.82, 2.24) is 10.2 Å². The molecular formula is C14H26N2O2. The van der Waals surface area contributed by atoms with Crippen molar-refractivity contribution in [2.45, 2.75) is 52.5 Å². The fourth-order valence-corrected chi connectivity index (χ4v) is 2.38. The standard InChI is InChI=1S/C14H26N2O2/c1-11(2)7-8-15-14(18)10-16-9-5-4-6-13(16)12(3)17/h11,13H,4-10H2,1-3H3,(H,15,18). The van der Waals surface area contributed by atoms with Crippen LogP contribution in [0, 0.1) is 5.92 Å². The van der Waals surface area contributed by atoms with Crippen molar-refractivity contribution in [1.29, 1.82) is 0 Å². The van der Waals surface area contributed by atoms with Crippen LogP contribution in [0.25, 0.3) is 0 Å². The number of amides is 1. The molecule has 1 atom stereocenters. The Morgan fingerprint density at radius 2 is 2.06 bits per heavy atom. The van der Waals surface area contributed by atoms with E-state index in [0.717, 1.165) is 38.8 Å². The van der Waals surface area contributed by atoms with Crippen LogP contribution in [0.1, 0.15) is 46.5 Å². The zero-order chi connectivity index (χ0) is 13.5. The van der Waals surface area contributed by atoms with E-state index in [4.69, 9.17) is 0 Å². The molecule has 1 unspecified atom stereocenters. The summed E-state index contributed by atoms with van der Waals surface area (Å²) in [5, 5.41) is 2.93. The van der Waals surface area contributed by atoms with E-state index in [1.165, 1.54) is 0 Å². The van der Waals surface area contributed by atoms with Crippen molar-refractivity contribution >= 4 is 11.7 Å². The summed E-state index contributed by atoms with van der Waals surface area (Å²) in [7, 11) is 0. The average Bonchev–Trinajstić information content (AvgIpc) is 2.28. The molecule has 0 spiro atoms. The summed E-state index contributed by atoms with van der Waals surface area (Å²) >= 11 is 0. The maximum atomic E-state index is 11.8. The molecule has 4 heteroatoms. The minimum Gasteiger partial charge on any atom is -0.355 e. The first-order valence-corrected chi connectivity index (χ1v) is 7.02. The Balaban J connectivity index is 2.34. The maximum Gasteiger partial charge on any atom is 0.234 e. The first-order valence-electron chi connectivity index (χ1n) is 7.02. The molecule has 0 aromatic rings. The van der Waals surface area contributed by atoms with Gasteiger partial charge in [-0.1, -0.05) is 20.3 Å². The third-order valence-corrected chi connectivity index (χ3v) is 3.47. The number of carbonyl (C=O) groups excluding carboxylic acids is 2. The molecular weight excluding hydrogens is 228 g/mol. The van der Waals surface area contributed by atoms with Crippen molar-refractivity contribution in [2.24, 2.45) is 5.92 Å². The van der Waals surface area contributed by atoms with Crippen molar-refractivity contribution in [3.63, 3.8) is 0 Å². The summed E-state index contributed by atoms with van der Waals surface area (Å²) in [5.41, 5.74) is 0. The minimum absolute atomic E-state index is 0.0452. The first kappa shape index (κ1) is 15.2. The van der Waals surface area contributed by atoms with E-state index < -0.39 is 0 Å². The number of rotatable bonds is 6. The molecule has 1 heterocycles. The number of piperidine rings is 1. The van der Waals surface area contributed by atoms with E-state index >= 15 is 0 Å². The van der Waals surface area contributed by atoms with Gasteiger partial charge in [0, 0.05) is 6.54 Å². The Morgan fingerprint density at radius 3 is 2.67 bits per heavy atom. The topological polar surface area (TPSA) is 49.4 Å². The molecule has 4 nitrogen and oxygen atoms in total. The highest BCUT2D eigenvalue weighted by Gasteiger charge is 2.27. The van der Waals surface area contributed by atoms with Gasteiger partial charge in [-0.2, -0.15) is 0 Å². The van der Waals surface area contributed by atoms with Gasteiger partial charge in [0.1, 0.15) is 5.78 Å². The fourth-order valence-electron chi connectivity index (χ4n) is 2.38. The average molecular weight is 254 g/mol. The van der Waals surface area contributed by atoms with Crippen LogP contribution < -0.4 is 5.32 Å². The predicted octanol–water partition coefficient (Wildman–Crippen LogP) is 1.59. The molecule has 1 N–H and O–H groups in total. The van der Waals surface area contributed by atoms with Crippen LogP contribution in [-0.2, 0) is 9.59 Å². The summed E-state index contributed by atoms with van der Waals surface area (Å²) in [6.45, 7) is 7.87. The molecule has 0 bridgehead atoms. The van der Waals surface area contributed by atoms with Gasteiger partial charge >= 0.3 is 0 Å². The van der Waals surface area contributed by atoms with Crippen LogP contribution in [0.15, 0.2) is 0 Å². The predicted molar refractivity (Wildman–Crippen MR) is 72.4 cm³/mol. The van der Waals surface area contributed by atoms with Gasteiger partial charge in [0.05, 0.1) is 12.6 Å². The normalized spacial score (nSPS) is 21.0. The third kappa shape index (κ3) is 5.17. The fraction of sp³-hybridized carbons (Fsp3) is 0.857. The number of nitrogens with zero attached hydrogens (tertiary/aromatic N) is 1. The van der Waals surface area contributed by atoms with Crippen LogP contribution in [0.2, 0.25) is 0 Å². The van der Waals surface area contributed by atoms with Gasteiger partial charge < -0.3 is 5.32 Å². The molecule has 1 aliphatic rings. The molecule has 1 aliphatic heterocycles. The molecule has 0 saturated carbocycles. The van der Waals surface area contributed by atoms with E-state index in [2.05, 4.69) is 19.2 Å². The Labute approximate surface area is 110 Å². The zero-order valence-corrected chi connectivity index (χ0v) is 11.9. The first-order chi connectivity index (χ1) is 8.50. The molecule has 0 radical (unpaired) electrons. The maximum absolute atomic E-state index is 11.8. The van der Waals surface area contributed by atoms with E-state index in [1.807, 2.05) is 4.90 Å². The van der Waals surface area contributed by atoms with E-state index in [1.54, 1.807) is 6.92 Å². The van der Waals surface area contributed by atoms with Crippen molar-refractivity contribution in [3.8, 4) is 0 Å². The second kappa shape index (κ2) is 7.52. The van der Waals surface area contributed by atoms with Crippen LogP contribution in [-0.4, -0.2) is 42.3 Å². The largest absolute Gasteiger partial charge is 0.355 e. The van der Waals surface area contributed by atoms with Crippen molar-refractivity contribution < 1.29 is 9.59 Å². The monoisotopic (exact) mass is 254 g/mol. The molecule has 18 heavy (non-hydrogen) atoms. The summed E-state index contributed by atoms with van der Waals surface area (Å²) in [6, 6.07) is -0.0467.